The van der Waals surface area contributed by atoms with Crippen molar-refractivity contribution in [1.29, 1.82) is 0 Å². The zero-order valence-corrected chi connectivity index (χ0v) is 17.3. The first kappa shape index (κ1) is 21.1. The second-order valence-corrected chi connectivity index (χ2v) is 7.67. The van der Waals surface area contributed by atoms with E-state index >= 15 is 0 Å². The van der Waals surface area contributed by atoms with Crippen LogP contribution in [0, 0.1) is 0 Å². The van der Waals surface area contributed by atoms with Gasteiger partial charge in [0.05, 0.1) is 27.9 Å². The molecule has 0 saturated carbocycles. The smallest absolute Gasteiger partial charge is 0.283 e. The highest BCUT2D eigenvalue weighted by Crippen LogP contribution is 2.28. The third-order valence-corrected chi connectivity index (χ3v) is 5.51. The molecule has 30 heavy (non-hydrogen) atoms. The maximum Gasteiger partial charge on any atom is 0.283 e. The molecule has 3 rings (SSSR count). The minimum absolute atomic E-state index is 0.0368. The van der Waals surface area contributed by atoms with E-state index in [0.717, 1.165) is 0 Å². The summed E-state index contributed by atoms with van der Waals surface area (Å²) in [4.78, 5) is 16.5. The van der Waals surface area contributed by atoms with E-state index in [1.165, 1.54) is 45.6 Å². The number of rotatable bonds is 8. The lowest BCUT2D eigenvalue weighted by molar-refractivity contribution is 0.0975. The minimum atomic E-state index is -4.22. The maximum absolute atomic E-state index is 12.7. The number of pyridine rings is 1. The van der Waals surface area contributed by atoms with E-state index < -0.39 is 15.9 Å². The van der Waals surface area contributed by atoms with Gasteiger partial charge in [0.15, 0.2) is 0 Å². The molecule has 3 aromatic rings. The number of methoxy groups -OCH3 is 3. The number of carbonyl (C=O) groups excluding carboxylic acids is 1. The summed E-state index contributed by atoms with van der Waals surface area (Å²) in [6.45, 7) is 0.381. The Morgan fingerprint density at radius 3 is 2.53 bits per heavy atom. The number of aromatic nitrogens is 3. The third-order valence-electron chi connectivity index (χ3n) is 4.14. The molecule has 0 spiro atoms. The lowest BCUT2D eigenvalue weighted by atomic mass is 10.2. The summed E-state index contributed by atoms with van der Waals surface area (Å²) in [6, 6.07) is 8.96. The van der Waals surface area contributed by atoms with Gasteiger partial charge in [-0.3, -0.25) is 9.48 Å². The lowest BCUT2D eigenvalue weighted by Crippen LogP contribution is -2.31. The summed E-state index contributed by atoms with van der Waals surface area (Å²) >= 11 is 0. The van der Waals surface area contributed by atoms with Crippen LogP contribution in [0.15, 0.2) is 53.7 Å². The average molecular weight is 432 g/mol. The van der Waals surface area contributed by atoms with Crippen LogP contribution in [0.1, 0.15) is 16.1 Å². The molecule has 0 radical (unpaired) electrons. The monoisotopic (exact) mass is 432 g/mol. The molecule has 0 aliphatic rings. The number of amides is 1. The van der Waals surface area contributed by atoms with Crippen molar-refractivity contribution in [1.82, 2.24) is 19.5 Å². The minimum Gasteiger partial charge on any atom is -0.497 e. The molecule has 158 valence electrons. The lowest BCUT2D eigenvalue weighted by Gasteiger charge is -2.13. The van der Waals surface area contributed by atoms with E-state index in [2.05, 4.69) is 10.1 Å². The first-order valence-corrected chi connectivity index (χ1v) is 10.2. The van der Waals surface area contributed by atoms with Gasteiger partial charge in [-0.25, -0.2) is 18.1 Å². The molecule has 11 heteroatoms. The quantitative estimate of drug-likeness (QED) is 0.568. The highest BCUT2D eigenvalue weighted by Gasteiger charge is 2.24. The molecule has 0 fully saturated rings. The number of nitrogens with one attached hydrogen (secondary N) is 1. The molecular weight excluding hydrogens is 412 g/mol. The van der Waals surface area contributed by atoms with Crippen LogP contribution >= 0.6 is 0 Å². The van der Waals surface area contributed by atoms with Crippen molar-refractivity contribution in [2.75, 3.05) is 21.3 Å². The summed E-state index contributed by atoms with van der Waals surface area (Å²) in [5.41, 5.74) is 0.560. The number of hydrogen-bond donors (Lipinski definition) is 1. The fourth-order valence-corrected chi connectivity index (χ4v) is 3.80. The molecule has 0 atom stereocenters. The molecule has 0 bridgehead atoms. The number of ether oxygens (including phenoxy) is 3. The van der Waals surface area contributed by atoms with Gasteiger partial charge in [-0.05, 0) is 30.3 Å². The largest absolute Gasteiger partial charge is 0.497 e. The molecule has 0 saturated heterocycles. The standard InChI is InChI=1S/C19H20N4O6S/c1-27-14-6-8-17(16(11-14)28-2)30(25,26)22-18(24)15-7-5-13(19(21-15)29-3)12-23-10-4-9-20-23/h4-11H,12H2,1-3H3,(H,22,24). The first-order chi connectivity index (χ1) is 14.4. The van der Waals surface area contributed by atoms with Crippen LogP contribution in [0.5, 0.6) is 17.4 Å². The fraction of sp³-hybridized carbons (Fsp3) is 0.211. The number of carbonyl (C=O) groups is 1. The molecule has 10 nitrogen and oxygen atoms in total. The predicted octanol–water partition coefficient (Wildman–Crippen LogP) is 1.47. The highest BCUT2D eigenvalue weighted by atomic mass is 32.2. The number of nitrogens with zero attached hydrogens (tertiary/aromatic N) is 3. The van der Waals surface area contributed by atoms with Gasteiger partial charge in [0, 0.05) is 24.0 Å². The van der Waals surface area contributed by atoms with Crippen LogP contribution in [-0.2, 0) is 16.6 Å². The molecule has 1 aromatic carbocycles. The van der Waals surface area contributed by atoms with Crippen LogP contribution in [0.4, 0.5) is 0 Å². The second-order valence-electron chi connectivity index (χ2n) is 6.02. The van der Waals surface area contributed by atoms with Gasteiger partial charge in [-0.15, -0.1) is 0 Å². The molecule has 2 heterocycles. The van der Waals surface area contributed by atoms with Crippen molar-refractivity contribution >= 4 is 15.9 Å². The second kappa shape index (κ2) is 8.82. The summed E-state index contributed by atoms with van der Waals surface area (Å²) in [5, 5.41) is 4.11. The average Bonchev–Trinajstić information content (AvgIpc) is 3.26. The Bertz CT molecular complexity index is 1150. The van der Waals surface area contributed by atoms with E-state index in [9.17, 15) is 13.2 Å². The van der Waals surface area contributed by atoms with Gasteiger partial charge in [0.25, 0.3) is 15.9 Å². The van der Waals surface area contributed by atoms with E-state index in [1.54, 1.807) is 29.2 Å². The van der Waals surface area contributed by atoms with Crippen LogP contribution in [0.3, 0.4) is 0 Å². The Morgan fingerprint density at radius 1 is 1.10 bits per heavy atom. The Kier molecular flexibility index (Phi) is 6.21. The molecule has 0 unspecified atom stereocenters. The molecule has 0 aliphatic heterocycles. The Balaban J connectivity index is 1.84. The van der Waals surface area contributed by atoms with Gasteiger partial charge in [-0.2, -0.15) is 5.10 Å². The highest BCUT2D eigenvalue weighted by molar-refractivity contribution is 7.90. The fourth-order valence-electron chi connectivity index (χ4n) is 2.69. The Labute approximate surface area is 173 Å². The Morgan fingerprint density at radius 2 is 1.90 bits per heavy atom. The maximum atomic E-state index is 12.7. The van der Waals surface area contributed by atoms with E-state index in [1.807, 2.05) is 4.72 Å². The Hall–Kier alpha value is -3.60. The van der Waals surface area contributed by atoms with E-state index in [4.69, 9.17) is 14.2 Å². The zero-order chi connectivity index (χ0) is 21.7. The van der Waals surface area contributed by atoms with Gasteiger partial charge in [-0.1, -0.05) is 0 Å². The van der Waals surface area contributed by atoms with Crippen LogP contribution in [-0.4, -0.2) is 50.4 Å². The summed E-state index contributed by atoms with van der Waals surface area (Å²) in [6.07, 6.45) is 3.41. The van der Waals surface area contributed by atoms with Crippen molar-refractivity contribution in [2.24, 2.45) is 0 Å². The summed E-state index contributed by atoms with van der Waals surface area (Å²) in [5.74, 6) is -0.263. The molecule has 1 amide bonds. The summed E-state index contributed by atoms with van der Waals surface area (Å²) in [7, 11) is -0.0448. The van der Waals surface area contributed by atoms with E-state index in [0.29, 0.717) is 17.9 Å². The van der Waals surface area contributed by atoms with Crippen molar-refractivity contribution in [2.45, 2.75) is 11.4 Å². The molecule has 1 N–H and O–H groups in total. The van der Waals surface area contributed by atoms with Crippen molar-refractivity contribution in [3.8, 4) is 17.4 Å². The summed E-state index contributed by atoms with van der Waals surface area (Å²) < 4.78 is 44.5. The molecule has 0 aliphatic carbocycles. The van der Waals surface area contributed by atoms with Crippen LogP contribution < -0.4 is 18.9 Å². The third kappa shape index (κ3) is 4.51. The molecular formula is C19H20N4O6S. The zero-order valence-electron chi connectivity index (χ0n) is 16.5. The van der Waals surface area contributed by atoms with Crippen molar-refractivity contribution in [3.05, 3.63) is 60.0 Å². The van der Waals surface area contributed by atoms with E-state index in [-0.39, 0.29) is 22.2 Å². The normalized spacial score (nSPS) is 11.0. The SMILES string of the molecule is COc1ccc(S(=O)(=O)NC(=O)c2ccc(Cn3cccn3)c(OC)n2)c(OC)c1. The number of hydrogen-bond acceptors (Lipinski definition) is 8. The van der Waals surface area contributed by atoms with Crippen molar-refractivity contribution < 1.29 is 27.4 Å². The van der Waals surface area contributed by atoms with Gasteiger partial charge < -0.3 is 14.2 Å². The first-order valence-electron chi connectivity index (χ1n) is 8.68. The van der Waals surface area contributed by atoms with Gasteiger partial charge in [0.1, 0.15) is 22.1 Å². The van der Waals surface area contributed by atoms with Crippen molar-refractivity contribution in [3.63, 3.8) is 0 Å². The number of benzene rings is 1. The molecule has 2 aromatic heterocycles. The van der Waals surface area contributed by atoms with Crippen LogP contribution in [0.2, 0.25) is 0 Å². The van der Waals surface area contributed by atoms with Gasteiger partial charge >= 0.3 is 0 Å². The van der Waals surface area contributed by atoms with Gasteiger partial charge in [0.2, 0.25) is 5.88 Å². The van der Waals surface area contributed by atoms with Crippen LogP contribution in [0.25, 0.3) is 0 Å². The topological polar surface area (TPSA) is 122 Å². The predicted molar refractivity (Wildman–Crippen MR) is 106 cm³/mol. The number of sulfonamides is 1.